The average Bonchev–Trinajstić information content (AvgIpc) is 2.48. The molecule has 1 unspecified atom stereocenters. The van der Waals surface area contributed by atoms with Crippen LogP contribution in [0.4, 0.5) is 4.39 Å². The molecular weight excluding hydrogens is 183 g/mol. The number of nitrogens with zero attached hydrogens (tertiary/aromatic N) is 1. The summed E-state index contributed by atoms with van der Waals surface area (Å²) in [5.74, 6) is -0.326. The molecule has 0 spiro atoms. The Bertz CT molecular complexity index is 363. The molecule has 1 atom stereocenters. The number of hydrogen-bond donors (Lipinski definition) is 1. The highest BCUT2D eigenvalue weighted by Crippen LogP contribution is 2.28. The number of halogens is 1. The van der Waals surface area contributed by atoms with Gasteiger partial charge in [-0.2, -0.15) is 0 Å². The van der Waals surface area contributed by atoms with E-state index in [-0.39, 0.29) is 17.1 Å². The molecule has 74 valence electrons. The summed E-state index contributed by atoms with van der Waals surface area (Å²) in [6, 6.07) is 3.01. The van der Waals surface area contributed by atoms with Crippen molar-refractivity contribution in [3.05, 3.63) is 29.8 Å². The van der Waals surface area contributed by atoms with Crippen molar-refractivity contribution in [2.24, 2.45) is 0 Å². The van der Waals surface area contributed by atoms with E-state index >= 15 is 0 Å². The third kappa shape index (κ3) is 1.47. The molecule has 14 heavy (non-hydrogen) atoms. The van der Waals surface area contributed by atoms with Crippen LogP contribution in [0.3, 0.4) is 0 Å². The Morgan fingerprint density at radius 1 is 1.57 bits per heavy atom. The predicted octanol–water partition coefficient (Wildman–Crippen LogP) is 0.998. The van der Waals surface area contributed by atoms with Crippen LogP contribution in [0.2, 0.25) is 0 Å². The zero-order valence-corrected chi connectivity index (χ0v) is 7.88. The quantitative estimate of drug-likeness (QED) is 0.724. The van der Waals surface area contributed by atoms with Crippen molar-refractivity contribution in [2.45, 2.75) is 18.8 Å². The van der Waals surface area contributed by atoms with Crippen molar-refractivity contribution in [3.8, 4) is 0 Å². The lowest BCUT2D eigenvalue weighted by atomic mass is 9.85. The molecule has 0 radical (unpaired) electrons. The summed E-state index contributed by atoms with van der Waals surface area (Å²) in [4.78, 5) is 15.1. The number of pyridine rings is 1. The van der Waals surface area contributed by atoms with Gasteiger partial charge in [-0.1, -0.05) is 6.92 Å². The first-order valence-electron chi connectivity index (χ1n) is 4.49. The Balaban J connectivity index is 2.30. The normalized spacial score (nSPS) is 26.3. The van der Waals surface area contributed by atoms with Gasteiger partial charge in [-0.25, -0.2) is 4.39 Å². The summed E-state index contributed by atoms with van der Waals surface area (Å²) in [7, 11) is 0. The molecule has 2 rings (SSSR count). The molecular formula is C10H11FN2O. The number of hydrogen-bond acceptors (Lipinski definition) is 2. The van der Waals surface area contributed by atoms with E-state index in [1.165, 1.54) is 12.3 Å². The summed E-state index contributed by atoms with van der Waals surface area (Å²) in [5, 5.41) is 2.75. The number of carbonyl (C=O) groups is 1. The zero-order chi connectivity index (χ0) is 10.2. The number of amides is 1. The molecule has 1 aliphatic rings. The highest BCUT2D eigenvalue weighted by atomic mass is 19.1. The second-order valence-electron chi connectivity index (χ2n) is 3.88. The number of carbonyl (C=O) groups excluding carboxylic acids is 1. The second kappa shape index (κ2) is 3.04. The Morgan fingerprint density at radius 2 is 2.36 bits per heavy atom. The molecule has 3 nitrogen and oxygen atoms in total. The monoisotopic (exact) mass is 194 g/mol. The molecule has 0 saturated carbocycles. The maximum Gasteiger partial charge on any atom is 0.221 e. The van der Waals surface area contributed by atoms with E-state index in [0.29, 0.717) is 13.0 Å². The first kappa shape index (κ1) is 9.12. The molecule has 2 heterocycles. The van der Waals surface area contributed by atoms with Crippen LogP contribution in [-0.4, -0.2) is 17.4 Å². The van der Waals surface area contributed by atoms with Crippen molar-refractivity contribution in [1.82, 2.24) is 10.3 Å². The van der Waals surface area contributed by atoms with E-state index in [9.17, 15) is 9.18 Å². The summed E-state index contributed by atoms with van der Waals surface area (Å²) >= 11 is 0. The molecule has 1 N–H and O–H groups in total. The molecule has 1 aromatic rings. The topological polar surface area (TPSA) is 42.0 Å². The average molecular weight is 194 g/mol. The number of aromatic nitrogens is 1. The van der Waals surface area contributed by atoms with E-state index < -0.39 is 0 Å². The van der Waals surface area contributed by atoms with Gasteiger partial charge in [0.05, 0.1) is 6.20 Å². The second-order valence-corrected chi connectivity index (χ2v) is 3.88. The Morgan fingerprint density at radius 3 is 2.86 bits per heavy atom. The van der Waals surface area contributed by atoms with Crippen molar-refractivity contribution < 1.29 is 9.18 Å². The molecule has 0 aromatic carbocycles. The molecule has 1 aliphatic heterocycles. The maximum atomic E-state index is 12.6. The lowest BCUT2D eigenvalue weighted by Gasteiger charge is -2.20. The lowest BCUT2D eigenvalue weighted by Crippen LogP contribution is -2.26. The van der Waals surface area contributed by atoms with Crippen LogP contribution in [-0.2, 0) is 10.2 Å². The molecule has 0 aliphatic carbocycles. The molecule has 4 heteroatoms. The SMILES string of the molecule is CC1(c2ccc(F)cn2)CNC(=O)C1. The predicted molar refractivity (Wildman–Crippen MR) is 49.2 cm³/mol. The van der Waals surface area contributed by atoms with Crippen molar-refractivity contribution in [2.75, 3.05) is 6.54 Å². The van der Waals surface area contributed by atoms with Crippen LogP contribution in [0.15, 0.2) is 18.3 Å². The van der Waals surface area contributed by atoms with E-state index in [4.69, 9.17) is 0 Å². The standard InChI is InChI=1S/C10H11FN2O/c1-10(4-9(14)13-6-10)8-3-2-7(11)5-12-8/h2-3,5H,4,6H2,1H3,(H,13,14). The molecule has 1 fully saturated rings. The first-order chi connectivity index (χ1) is 6.60. The molecule has 1 amide bonds. The third-order valence-corrected chi connectivity index (χ3v) is 2.57. The highest BCUT2D eigenvalue weighted by molar-refractivity contribution is 5.80. The van der Waals surface area contributed by atoms with Gasteiger partial charge in [0.2, 0.25) is 5.91 Å². The smallest absolute Gasteiger partial charge is 0.221 e. The molecule has 1 aromatic heterocycles. The maximum absolute atomic E-state index is 12.6. The minimum atomic E-state index is -0.352. The summed E-state index contributed by atoms with van der Waals surface area (Å²) < 4.78 is 12.6. The Hall–Kier alpha value is -1.45. The minimum Gasteiger partial charge on any atom is -0.355 e. The van der Waals surface area contributed by atoms with Crippen molar-refractivity contribution >= 4 is 5.91 Å². The van der Waals surface area contributed by atoms with Gasteiger partial charge in [-0.05, 0) is 12.1 Å². The number of rotatable bonds is 1. The fourth-order valence-electron chi connectivity index (χ4n) is 1.69. The Kier molecular flexibility index (Phi) is 1.98. The van der Waals surface area contributed by atoms with Gasteiger partial charge in [-0.15, -0.1) is 0 Å². The van der Waals surface area contributed by atoms with Crippen LogP contribution in [0.1, 0.15) is 19.0 Å². The van der Waals surface area contributed by atoms with Gasteiger partial charge in [0, 0.05) is 24.1 Å². The zero-order valence-electron chi connectivity index (χ0n) is 7.88. The van der Waals surface area contributed by atoms with Crippen LogP contribution in [0, 0.1) is 5.82 Å². The van der Waals surface area contributed by atoms with Crippen LogP contribution >= 0.6 is 0 Å². The van der Waals surface area contributed by atoms with Gasteiger partial charge < -0.3 is 5.32 Å². The lowest BCUT2D eigenvalue weighted by molar-refractivity contribution is -0.119. The minimum absolute atomic E-state index is 0.0265. The van der Waals surface area contributed by atoms with Crippen LogP contribution in [0.5, 0.6) is 0 Å². The van der Waals surface area contributed by atoms with E-state index in [1.54, 1.807) is 6.07 Å². The van der Waals surface area contributed by atoms with E-state index in [0.717, 1.165) is 5.69 Å². The number of nitrogens with one attached hydrogen (secondary N) is 1. The first-order valence-corrected chi connectivity index (χ1v) is 4.49. The van der Waals surface area contributed by atoms with Gasteiger partial charge in [0.15, 0.2) is 0 Å². The summed E-state index contributed by atoms with van der Waals surface area (Å²) in [5.41, 5.74) is 0.474. The molecule has 0 bridgehead atoms. The van der Waals surface area contributed by atoms with Crippen LogP contribution < -0.4 is 5.32 Å². The fourth-order valence-corrected chi connectivity index (χ4v) is 1.69. The van der Waals surface area contributed by atoms with E-state index in [2.05, 4.69) is 10.3 Å². The van der Waals surface area contributed by atoms with Gasteiger partial charge in [0.25, 0.3) is 0 Å². The highest BCUT2D eigenvalue weighted by Gasteiger charge is 2.36. The Labute approximate surface area is 81.3 Å². The van der Waals surface area contributed by atoms with Gasteiger partial charge in [-0.3, -0.25) is 9.78 Å². The largest absolute Gasteiger partial charge is 0.355 e. The van der Waals surface area contributed by atoms with Gasteiger partial charge >= 0.3 is 0 Å². The van der Waals surface area contributed by atoms with Gasteiger partial charge in [0.1, 0.15) is 5.82 Å². The molecule has 1 saturated heterocycles. The van der Waals surface area contributed by atoms with Crippen molar-refractivity contribution in [3.63, 3.8) is 0 Å². The van der Waals surface area contributed by atoms with Crippen LogP contribution in [0.25, 0.3) is 0 Å². The summed E-state index contributed by atoms with van der Waals surface area (Å²) in [6.07, 6.45) is 1.61. The fraction of sp³-hybridized carbons (Fsp3) is 0.400. The van der Waals surface area contributed by atoms with E-state index in [1.807, 2.05) is 6.92 Å². The van der Waals surface area contributed by atoms with Crippen molar-refractivity contribution in [1.29, 1.82) is 0 Å². The summed E-state index contributed by atoms with van der Waals surface area (Å²) in [6.45, 7) is 2.52. The third-order valence-electron chi connectivity index (χ3n) is 2.57.